The van der Waals surface area contributed by atoms with Crippen molar-refractivity contribution in [2.75, 3.05) is 36.5 Å². The molecule has 1 aliphatic rings. The quantitative estimate of drug-likeness (QED) is 0.675. The van der Waals surface area contributed by atoms with Crippen LogP contribution in [-0.4, -0.2) is 36.3 Å². The van der Waals surface area contributed by atoms with E-state index in [9.17, 15) is 0 Å². The number of pyridine rings is 1. The summed E-state index contributed by atoms with van der Waals surface area (Å²) in [5.74, 6) is 0.805. The lowest BCUT2D eigenvalue weighted by Gasteiger charge is -2.28. The molecule has 0 unspecified atom stereocenters. The zero-order valence-corrected chi connectivity index (χ0v) is 15.9. The highest BCUT2D eigenvalue weighted by molar-refractivity contribution is 9.10. The van der Waals surface area contributed by atoms with E-state index in [2.05, 4.69) is 54.3 Å². The van der Waals surface area contributed by atoms with Gasteiger partial charge in [-0.1, -0.05) is 39.4 Å². The van der Waals surface area contributed by atoms with Gasteiger partial charge in [0, 0.05) is 41.7 Å². The average molecular weight is 417 g/mol. The average Bonchev–Trinajstić information content (AvgIpc) is 3.11. The van der Waals surface area contributed by atoms with Gasteiger partial charge < -0.3 is 15.0 Å². The fourth-order valence-electron chi connectivity index (χ4n) is 2.72. The summed E-state index contributed by atoms with van der Waals surface area (Å²) in [7, 11) is 0. The van der Waals surface area contributed by atoms with Crippen molar-refractivity contribution in [1.29, 1.82) is 0 Å². The van der Waals surface area contributed by atoms with E-state index in [4.69, 9.17) is 4.74 Å². The summed E-state index contributed by atoms with van der Waals surface area (Å²) in [6, 6.07) is 12.3. The molecule has 0 amide bonds. The second kappa shape index (κ2) is 7.51. The van der Waals surface area contributed by atoms with Crippen LogP contribution < -0.4 is 10.2 Å². The van der Waals surface area contributed by atoms with Crippen molar-refractivity contribution in [3.63, 3.8) is 0 Å². The maximum atomic E-state index is 5.42. The number of morpholine rings is 1. The Hall–Kier alpha value is -1.96. The van der Waals surface area contributed by atoms with Crippen LogP contribution in [0.4, 0.5) is 16.6 Å². The van der Waals surface area contributed by atoms with Gasteiger partial charge >= 0.3 is 0 Å². The molecular formula is C18H17BrN4OS. The number of thiazole rings is 1. The lowest BCUT2D eigenvalue weighted by atomic mass is 10.2. The Kier molecular flexibility index (Phi) is 4.96. The molecule has 0 radical (unpaired) electrons. The zero-order chi connectivity index (χ0) is 17.1. The molecule has 2 aromatic heterocycles. The maximum Gasteiger partial charge on any atom is 0.188 e. The van der Waals surface area contributed by atoms with E-state index in [1.54, 1.807) is 11.3 Å². The standard InChI is InChI=1S/C18H17BrN4OS/c19-14-3-1-2-13(10-14)16-12-21-18(25-16)22-17-11-15(4-5-20-17)23-6-8-24-9-7-23/h1-5,10-12H,6-9H2,(H,20,21,22). The molecule has 128 valence electrons. The SMILES string of the molecule is Brc1cccc(-c2cnc(Nc3cc(N4CCOCC4)ccn3)s2)c1. The lowest BCUT2D eigenvalue weighted by Crippen LogP contribution is -2.36. The monoisotopic (exact) mass is 416 g/mol. The number of ether oxygens (including phenoxy) is 1. The number of rotatable bonds is 4. The van der Waals surface area contributed by atoms with E-state index in [0.717, 1.165) is 57.9 Å². The van der Waals surface area contributed by atoms with E-state index in [-0.39, 0.29) is 0 Å². The maximum absolute atomic E-state index is 5.42. The Balaban J connectivity index is 1.51. The van der Waals surface area contributed by atoms with Gasteiger partial charge in [0.25, 0.3) is 0 Å². The summed E-state index contributed by atoms with van der Waals surface area (Å²) < 4.78 is 6.48. The number of aromatic nitrogens is 2. The number of nitrogens with zero attached hydrogens (tertiary/aromatic N) is 3. The fourth-order valence-corrected chi connectivity index (χ4v) is 3.94. The van der Waals surface area contributed by atoms with Crippen molar-refractivity contribution < 1.29 is 4.74 Å². The topological polar surface area (TPSA) is 50.3 Å². The molecule has 7 heteroatoms. The van der Waals surface area contributed by atoms with E-state index >= 15 is 0 Å². The van der Waals surface area contributed by atoms with Crippen molar-refractivity contribution in [2.45, 2.75) is 0 Å². The van der Waals surface area contributed by atoms with Gasteiger partial charge in [0.2, 0.25) is 0 Å². The molecule has 5 nitrogen and oxygen atoms in total. The summed E-state index contributed by atoms with van der Waals surface area (Å²) in [4.78, 5) is 12.3. The van der Waals surface area contributed by atoms with Crippen LogP contribution in [0.5, 0.6) is 0 Å². The lowest BCUT2D eigenvalue weighted by molar-refractivity contribution is 0.122. The van der Waals surface area contributed by atoms with Gasteiger partial charge in [0.15, 0.2) is 5.13 Å². The van der Waals surface area contributed by atoms with Gasteiger partial charge in [-0.15, -0.1) is 0 Å². The number of halogens is 1. The van der Waals surface area contributed by atoms with E-state index in [1.165, 1.54) is 0 Å². The number of hydrogen-bond acceptors (Lipinski definition) is 6. The highest BCUT2D eigenvalue weighted by Crippen LogP contribution is 2.32. The summed E-state index contributed by atoms with van der Waals surface area (Å²) >= 11 is 5.13. The number of benzene rings is 1. The predicted octanol–water partition coefficient (Wildman–Crippen LogP) is 4.55. The first-order chi connectivity index (χ1) is 12.3. The van der Waals surface area contributed by atoms with Gasteiger partial charge in [-0.2, -0.15) is 0 Å². The predicted molar refractivity (Wildman–Crippen MR) is 106 cm³/mol. The van der Waals surface area contributed by atoms with Crippen LogP contribution in [0.3, 0.4) is 0 Å². The zero-order valence-electron chi connectivity index (χ0n) is 13.5. The van der Waals surface area contributed by atoms with Crippen molar-refractivity contribution in [2.24, 2.45) is 0 Å². The molecule has 3 heterocycles. The molecule has 0 aliphatic carbocycles. The number of hydrogen-bond donors (Lipinski definition) is 1. The fraction of sp³-hybridized carbons (Fsp3) is 0.222. The Morgan fingerprint density at radius 2 is 2.00 bits per heavy atom. The third-order valence-electron chi connectivity index (χ3n) is 3.97. The minimum absolute atomic E-state index is 0.771. The first-order valence-corrected chi connectivity index (χ1v) is 9.66. The van der Waals surface area contributed by atoms with Gasteiger partial charge in [0.05, 0.1) is 18.1 Å². The summed E-state index contributed by atoms with van der Waals surface area (Å²) in [6.45, 7) is 3.36. The molecular weight excluding hydrogens is 400 g/mol. The second-order valence-corrected chi connectivity index (χ2v) is 7.61. The molecule has 0 saturated carbocycles. The van der Waals surface area contributed by atoms with Crippen LogP contribution in [0, 0.1) is 0 Å². The molecule has 3 aromatic rings. The summed E-state index contributed by atoms with van der Waals surface area (Å²) in [5.41, 5.74) is 2.31. The first-order valence-electron chi connectivity index (χ1n) is 8.05. The molecule has 25 heavy (non-hydrogen) atoms. The van der Waals surface area contributed by atoms with Gasteiger partial charge in [-0.05, 0) is 23.8 Å². The van der Waals surface area contributed by atoms with E-state index < -0.39 is 0 Å². The molecule has 1 fully saturated rings. The third kappa shape index (κ3) is 4.00. The Morgan fingerprint density at radius 3 is 2.84 bits per heavy atom. The van der Waals surface area contributed by atoms with Crippen LogP contribution in [0.1, 0.15) is 0 Å². The molecule has 1 aliphatic heterocycles. The van der Waals surface area contributed by atoms with Crippen LogP contribution in [-0.2, 0) is 4.74 Å². The van der Waals surface area contributed by atoms with Crippen LogP contribution in [0.15, 0.2) is 53.3 Å². The molecule has 0 spiro atoms. The highest BCUT2D eigenvalue weighted by Gasteiger charge is 2.12. The van der Waals surface area contributed by atoms with Gasteiger partial charge in [-0.3, -0.25) is 0 Å². The van der Waals surface area contributed by atoms with Crippen LogP contribution >= 0.6 is 27.3 Å². The largest absolute Gasteiger partial charge is 0.378 e. The minimum atomic E-state index is 0.771. The highest BCUT2D eigenvalue weighted by atomic mass is 79.9. The van der Waals surface area contributed by atoms with Crippen LogP contribution in [0.2, 0.25) is 0 Å². The number of nitrogens with one attached hydrogen (secondary N) is 1. The Morgan fingerprint density at radius 1 is 1.12 bits per heavy atom. The summed E-state index contributed by atoms with van der Waals surface area (Å²) in [6.07, 6.45) is 3.72. The summed E-state index contributed by atoms with van der Waals surface area (Å²) in [5, 5.41) is 4.15. The number of anilines is 3. The molecule has 0 bridgehead atoms. The minimum Gasteiger partial charge on any atom is -0.378 e. The normalized spacial score (nSPS) is 14.5. The molecule has 4 rings (SSSR count). The Bertz CT molecular complexity index is 864. The van der Waals surface area contributed by atoms with Gasteiger partial charge in [0.1, 0.15) is 5.82 Å². The Labute approximate surface area is 158 Å². The van der Waals surface area contributed by atoms with Gasteiger partial charge in [-0.25, -0.2) is 9.97 Å². The molecule has 0 atom stereocenters. The van der Waals surface area contributed by atoms with Crippen LogP contribution in [0.25, 0.3) is 10.4 Å². The second-order valence-electron chi connectivity index (χ2n) is 5.66. The first kappa shape index (κ1) is 16.5. The molecule has 1 aromatic carbocycles. The van der Waals surface area contributed by atoms with E-state index in [0.29, 0.717) is 0 Å². The van der Waals surface area contributed by atoms with Crippen molar-refractivity contribution >= 4 is 43.9 Å². The third-order valence-corrected chi connectivity index (χ3v) is 5.42. The van der Waals surface area contributed by atoms with E-state index in [1.807, 2.05) is 30.6 Å². The molecule has 1 N–H and O–H groups in total. The van der Waals surface area contributed by atoms with Crippen molar-refractivity contribution in [1.82, 2.24) is 9.97 Å². The van der Waals surface area contributed by atoms with Crippen molar-refractivity contribution in [3.8, 4) is 10.4 Å². The smallest absolute Gasteiger partial charge is 0.188 e. The van der Waals surface area contributed by atoms with Crippen molar-refractivity contribution in [3.05, 3.63) is 53.3 Å². The molecule has 1 saturated heterocycles.